The Bertz CT molecular complexity index is 494. The number of amides is 1. The highest BCUT2D eigenvalue weighted by molar-refractivity contribution is 5.89. The van der Waals surface area contributed by atoms with Gasteiger partial charge in [0, 0.05) is 6.04 Å². The fraction of sp³-hybridized carbons (Fsp3) is 0.588. The van der Waals surface area contributed by atoms with Gasteiger partial charge in [0.05, 0.1) is 11.4 Å². The summed E-state index contributed by atoms with van der Waals surface area (Å²) in [6.45, 7) is 7.85. The second-order valence-electron chi connectivity index (χ2n) is 6.83. The van der Waals surface area contributed by atoms with Crippen LogP contribution in [0, 0.1) is 5.92 Å². The number of hydrogen-bond acceptors (Lipinski definition) is 3. The molecule has 1 amide bonds. The summed E-state index contributed by atoms with van der Waals surface area (Å²) in [5.74, 6) is 0.666. The zero-order valence-corrected chi connectivity index (χ0v) is 13.4. The summed E-state index contributed by atoms with van der Waals surface area (Å²) in [4.78, 5) is 11.9. The number of nitrogens with one attached hydrogen (secondary N) is 2. The van der Waals surface area contributed by atoms with Crippen LogP contribution in [0.2, 0.25) is 0 Å². The van der Waals surface area contributed by atoms with E-state index in [4.69, 9.17) is 4.74 Å². The van der Waals surface area contributed by atoms with Crippen LogP contribution in [0.25, 0.3) is 0 Å². The van der Waals surface area contributed by atoms with Crippen LogP contribution in [0.4, 0.5) is 16.2 Å². The van der Waals surface area contributed by atoms with Crippen molar-refractivity contribution < 1.29 is 9.53 Å². The van der Waals surface area contributed by atoms with Crippen LogP contribution in [-0.4, -0.2) is 17.7 Å². The van der Waals surface area contributed by atoms with Gasteiger partial charge in [0.1, 0.15) is 5.60 Å². The van der Waals surface area contributed by atoms with E-state index in [0.717, 1.165) is 11.4 Å². The number of hydrogen-bond donors (Lipinski definition) is 2. The predicted molar refractivity (Wildman–Crippen MR) is 86.7 cm³/mol. The summed E-state index contributed by atoms with van der Waals surface area (Å²) in [6.07, 6.45) is 3.29. The molecule has 1 aliphatic carbocycles. The zero-order chi connectivity index (χ0) is 15.5. The minimum Gasteiger partial charge on any atom is -0.444 e. The number of para-hydroxylation sites is 2. The van der Waals surface area contributed by atoms with Crippen LogP contribution < -0.4 is 10.6 Å². The SMILES string of the molecule is CC1CCCC1Nc1ccccc1NC(=O)OC(C)(C)C. The molecule has 2 rings (SSSR count). The molecule has 2 N–H and O–H groups in total. The van der Waals surface area contributed by atoms with Crippen molar-refractivity contribution in [2.75, 3.05) is 10.6 Å². The Morgan fingerprint density at radius 1 is 1.19 bits per heavy atom. The van der Waals surface area contributed by atoms with Gasteiger partial charge in [-0.15, -0.1) is 0 Å². The molecule has 4 nitrogen and oxygen atoms in total. The fourth-order valence-electron chi connectivity index (χ4n) is 2.69. The molecule has 116 valence electrons. The normalized spacial score (nSPS) is 21.9. The van der Waals surface area contributed by atoms with Gasteiger partial charge >= 0.3 is 6.09 Å². The molecule has 0 spiro atoms. The Labute approximate surface area is 127 Å². The Hall–Kier alpha value is -1.71. The number of rotatable bonds is 3. The van der Waals surface area contributed by atoms with Gasteiger partial charge in [0.15, 0.2) is 0 Å². The van der Waals surface area contributed by atoms with Crippen molar-refractivity contribution in [1.29, 1.82) is 0 Å². The van der Waals surface area contributed by atoms with Crippen LogP contribution >= 0.6 is 0 Å². The van der Waals surface area contributed by atoms with E-state index in [0.29, 0.717) is 12.0 Å². The maximum Gasteiger partial charge on any atom is 0.412 e. The fourth-order valence-corrected chi connectivity index (χ4v) is 2.69. The van der Waals surface area contributed by atoms with Gasteiger partial charge in [-0.05, 0) is 51.7 Å². The molecule has 0 saturated heterocycles. The lowest BCUT2D eigenvalue weighted by Crippen LogP contribution is -2.28. The van der Waals surface area contributed by atoms with E-state index in [1.807, 2.05) is 45.0 Å². The maximum atomic E-state index is 11.9. The van der Waals surface area contributed by atoms with E-state index < -0.39 is 11.7 Å². The summed E-state index contributed by atoms with van der Waals surface area (Å²) in [5.41, 5.74) is 1.24. The summed E-state index contributed by atoms with van der Waals surface area (Å²) < 4.78 is 5.31. The molecule has 4 heteroatoms. The van der Waals surface area contributed by atoms with Crippen LogP contribution in [-0.2, 0) is 4.74 Å². The summed E-state index contributed by atoms with van der Waals surface area (Å²) in [7, 11) is 0. The average molecular weight is 290 g/mol. The highest BCUT2D eigenvalue weighted by Crippen LogP contribution is 2.31. The number of anilines is 2. The lowest BCUT2D eigenvalue weighted by atomic mass is 10.1. The molecular formula is C17H26N2O2. The maximum absolute atomic E-state index is 11.9. The summed E-state index contributed by atoms with van der Waals surface area (Å²) >= 11 is 0. The van der Waals surface area contributed by atoms with Crippen LogP contribution in [0.5, 0.6) is 0 Å². The van der Waals surface area contributed by atoms with Crippen molar-refractivity contribution in [2.45, 2.75) is 58.6 Å². The van der Waals surface area contributed by atoms with Crippen molar-refractivity contribution >= 4 is 17.5 Å². The van der Waals surface area contributed by atoms with Crippen LogP contribution in [0.1, 0.15) is 47.0 Å². The van der Waals surface area contributed by atoms with Gasteiger partial charge in [-0.1, -0.05) is 25.5 Å². The number of ether oxygens (including phenoxy) is 1. The Morgan fingerprint density at radius 3 is 2.43 bits per heavy atom. The van der Waals surface area contributed by atoms with Crippen LogP contribution in [0.3, 0.4) is 0 Å². The van der Waals surface area contributed by atoms with Gasteiger partial charge in [0.2, 0.25) is 0 Å². The van der Waals surface area contributed by atoms with Crippen molar-refractivity contribution in [1.82, 2.24) is 0 Å². The van der Waals surface area contributed by atoms with E-state index in [9.17, 15) is 4.79 Å². The third-order valence-electron chi connectivity index (χ3n) is 3.77. The Balaban J connectivity index is 2.04. The van der Waals surface area contributed by atoms with E-state index in [1.165, 1.54) is 19.3 Å². The third kappa shape index (κ3) is 4.66. The quantitative estimate of drug-likeness (QED) is 0.853. The average Bonchev–Trinajstić information content (AvgIpc) is 2.75. The number of carbonyl (C=O) groups is 1. The van der Waals surface area contributed by atoms with Crippen molar-refractivity contribution in [2.24, 2.45) is 5.92 Å². The zero-order valence-electron chi connectivity index (χ0n) is 13.4. The van der Waals surface area contributed by atoms with Crippen molar-refractivity contribution in [3.05, 3.63) is 24.3 Å². The molecule has 0 aromatic heterocycles. The monoisotopic (exact) mass is 290 g/mol. The van der Waals surface area contributed by atoms with E-state index in [2.05, 4.69) is 17.6 Å². The first-order valence-electron chi connectivity index (χ1n) is 7.71. The molecule has 2 unspecified atom stereocenters. The molecule has 1 saturated carbocycles. The molecule has 1 fully saturated rings. The highest BCUT2D eigenvalue weighted by atomic mass is 16.6. The molecule has 0 bridgehead atoms. The molecule has 2 atom stereocenters. The van der Waals surface area contributed by atoms with Crippen LogP contribution in [0.15, 0.2) is 24.3 Å². The first-order chi connectivity index (χ1) is 9.85. The van der Waals surface area contributed by atoms with Crippen molar-refractivity contribution in [3.63, 3.8) is 0 Å². The van der Waals surface area contributed by atoms with Gasteiger partial charge < -0.3 is 10.1 Å². The predicted octanol–water partition coefficient (Wildman–Crippen LogP) is 4.63. The van der Waals surface area contributed by atoms with Gasteiger partial charge in [-0.25, -0.2) is 4.79 Å². The topological polar surface area (TPSA) is 50.4 Å². The standard InChI is InChI=1S/C17H26N2O2/c1-12-8-7-11-13(12)18-14-9-5-6-10-15(14)19-16(20)21-17(2,3)4/h5-6,9-10,12-13,18H,7-8,11H2,1-4H3,(H,19,20). The molecule has 1 aromatic carbocycles. The van der Waals surface area contributed by atoms with E-state index >= 15 is 0 Å². The largest absolute Gasteiger partial charge is 0.444 e. The lowest BCUT2D eigenvalue weighted by Gasteiger charge is -2.23. The molecule has 21 heavy (non-hydrogen) atoms. The Kier molecular flexibility index (Phi) is 4.76. The minimum absolute atomic E-state index is 0.420. The second kappa shape index (κ2) is 6.37. The molecule has 0 aliphatic heterocycles. The number of carbonyl (C=O) groups excluding carboxylic acids is 1. The Morgan fingerprint density at radius 2 is 1.86 bits per heavy atom. The lowest BCUT2D eigenvalue weighted by molar-refractivity contribution is 0.0636. The van der Waals surface area contributed by atoms with Gasteiger partial charge in [-0.2, -0.15) is 0 Å². The van der Waals surface area contributed by atoms with E-state index in [1.54, 1.807) is 0 Å². The molecule has 0 heterocycles. The molecule has 0 radical (unpaired) electrons. The molecule has 1 aromatic rings. The number of benzene rings is 1. The second-order valence-corrected chi connectivity index (χ2v) is 6.83. The van der Waals surface area contributed by atoms with Gasteiger partial charge in [-0.3, -0.25) is 5.32 Å². The first kappa shape index (κ1) is 15.7. The highest BCUT2D eigenvalue weighted by Gasteiger charge is 2.24. The smallest absolute Gasteiger partial charge is 0.412 e. The first-order valence-corrected chi connectivity index (χ1v) is 7.71. The summed E-state index contributed by atoms with van der Waals surface area (Å²) in [6, 6.07) is 8.26. The molecule has 1 aliphatic rings. The summed E-state index contributed by atoms with van der Waals surface area (Å²) in [5, 5.41) is 6.39. The molecular weight excluding hydrogens is 264 g/mol. The van der Waals surface area contributed by atoms with E-state index in [-0.39, 0.29) is 0 Å². The van der Waals surface area contributed by atoms with Gasteiger partial charge in [0.25, 0.3) is 0 Å². The third-order valence-corrected chi connectivity index (χ3v) is 3.77. The minimum atomic E-state index is -0.494. The van der Waals surface area contributed by atoms with Crippen molar-refractivity contribution in [3.8, 4) is 0 Å².